The van der Waals surface area contributed by atoms with E-state index >= 15 is 0 Å². The maximum atomic E-state index is 14.6. The number of aromatic nitrogens is 2. The summed E-state index contributed by atoms with van der Waals surface area (Å²) in [5.74, 6) is 0.733. The summed E-state index contributed by atoms with van der Waals surface area (Å²) in [6.45, 7) is 17.8. The smallest absolute Gasteiger partial charge is 0.172 e. The SMILES string of the molecule is C[C@H]1[C@@H]2[C@H](C[C@]3(C(=O)C[C@H]4[C@H]3CC[C@H]3Cc5nc6c(nc5C[C@@]34C)C[C@@H]3CC[C@@H]4[C@H](CC(=O)[C@]45C[C@@H]4O[C@]7(CCC(C)(C)O7)[C@@H](C)[C@H]4[C@H]5O)[C@@]3(C)C6)[C@@H]2O)O[C@]12CCC(C)(C)O2. The van der Waals surface area contributed by atoms with Crippen LogP contribution in [0.1, 0.15) is 155 Å². The molecule has 20 atom stereocenters. The number of hydrogen-bond acceptors (Lipinski definition) is 10. The fourth-order valence-corrected chi connectivity index (χ4v) is 19.3. The standard InChI is InChI=1S/C52H72N2O8/c1-25-41-37(59-51(25)15-13-45(3,4)61-51)23-49(43(41)57)29-11-9-27-17-33-35(21-47(27,7)31(29)19-39(49)55)53-34-18-28-10-12-30-32(48(28,8)22-36(34)54-33)20-40(56)50(30)24-38-42(44(50)58)26(2)52(60-38)16-14-46(5,6)62-52/h25-32,37-38,41-44,57-58H,9-24H2,1-8H3/t25-,26-,27-,28-,29+,30+,31-,32-,37-,38-,41+,42+,43+,44+,47-,48-,49-,50-,51-,52-/m0/s1. The highest BCUT2D eigenvalue weighted by molar-refractivity contribution is 5.90. The number of ketones is 2. The molecule has 0 bridgehead atoms. The number of carbonyl (C=O) groups is 2. The Labute approximate surface area is 368 Å². The lowest BCUT2D eigenvalue weighted by Gasteiger charge is -2.55. The third kappa shape index (κ3) is 4.75. The number of carbonyl (C=O) groups excluding carboxylic acids is 2. The van der Waals surface area contributed by atoms with E-state index in [2.05, 4.69) is 55.4 Å². The monoisotopic (exact) mass is 853 g/mol. The number of Topliss-reactive ketones (excluding diaryl/α,β-unsaturated/α-hetero) is 2. The van der Waals surface area contributed by atoms with Gasteiger partial charge in [0.15, 0.2) is 11.6 Å². The van der Waals surface area contributed by atoms with Gasteiger partial charge >= 0.3 is 0 Å². The Morgan fingerprint density at radius 2 is 0.935 bits per heavy atom. The highest BCUT2D eigenvalue weighted by Crippen LogP contribution is 2.72. The maximum Gasteiger partial charge on any atom is 0.172 e. The lowest BCUT2D eigenvalue weighted by molar-refractivity contribution is -0.255. The molecule has 5 heterocycles. The summed E-state index contributed by atoms with van der Waals surface area (Å²) in [6, 6.07) is 0. The second-order valence-electron chi connectivity index (χ2n) is 25.8. The molecule has 10 fully saturated rings. The molecule has 12 aliphatic rings. The summed E-state index contributed by atoms with van der Waals surface area (Å²) >= 11 is 0. The third-order valence-corrected chi connectivity index (χ3v) is 22.6. The van der Waals surface area contributed by atoms with E-state index in [-0.39, 0.29) is 93.1 Å². The van der Waals surface area contributed by atoms with Crippen molar-refractivity contribution in [3.05, 3.63) is 22.8 Å². The van der Waals surface area contributed by atoms with Gasteiger partial charge in [-0.05, 0) is 151 Å². The third-order valence-electron chi connectivity index (χ3n) is 22.6. The Hall–Kier alpha value is -1.82. The van der Waals surface area contributed by atoms with E-state index < -0.39 is 34.6 Å². The average Bonchev–Trinajstić information content (AvgIpc) is 4.06. The molecular formula is C52H72N2O8. The molecule has 0 amide bonds. The lowest BCUT2D eigenvalue weighted by atomic mass is 9.50. The van der Waals surface area contributed by atoms with Crippen LogP contribution >= 0.6 is 0 Å². The minimum Gasteiger partial charge on any atom is -0.392 e. The second-order valence-corrected chi connectivity index (χ2v) is 25.8. The van der Waals surface area contributed by atoms with Crippen molar-refractivity contribution in [3.63, 3.8) is 0 Å². The number of aliphatic hydroxyl groups is 2. The first kappa shape index (κ1) is 40.5. The van der Waals surface area contributed by atoms with Crippen LogP contribution in [-0.2, 0) is 54.2 Å². The number of hydrogen-bond donors (Lipinski definition) is 2. The van der Waals surface area contributed by atoms with Gasteiger partial charge < -0.3 is 29.2 Å². The molecule has 4 aliphatic heterocycles. The molecule has 1 aromatic rings. The minimum atomic E-state index is -0.731. The molecule has 338 valence electrons. The van der Waals surface area contributed by atoms with Crippen LogP contribution in [0.25, 0.3) is 0 Å². The predicted octanol–water partition coefficient (Wildman–Crippen LogP) is 7.29. The summed E-state index contributed by atoms with van der Waals surface area (Å²) < 4.78 is 26.9. The number of rotatable bonds is 0. The van der Waals surface area contributed by atoms with Crippen LogP contribution in [-0.4, -0.2) is 78.9 Å². The van der Waals surface area contributed by atoms with E-state index in [1.54, 1.807) is 0 Å². The molecule has 0 aromatic carbocycles. The summed E-state index contributed by atoms with van der Waals surface area (Å²) in [4.78, 5) is 40.3. The predicted molar refractivity (Wildman–Crippen MR) is 227 cm³/mol. The van der Waals surface area contributed by atoms with Crippen LogP contribution in [0.2, 0.25) is 0 Å². The van der Waals surface area contributed by atoms with Crippen molar-refractivity contribution in [1.82, 2.24) is 9.97 Å². The number of fused-ring (bicyclic) bond motifs is 12. The van der Waals surface area contributed by atoms with E-state index in [0.717, 1.165) is 99.8 Å². The summed E-state index contributed by atoms with van der Waals surface area (Å²) in [6.07, 6.45) is 11.7. The minimum absolute atomic E-state index is 0.0396. The zero-order chi connectivity index (χ0) is 43.1. The Bertz CT molecular complexity index is 2030. The molecule has 62 heavy (non-hydrogen) atoms. The van der Waals surface area contributed by atoms with Gasteiger partial charge in [0.25, 0.3) is 0 Å². The van der Waals surface area contributed by atoms with Crippen LogP contribution < -0.4 is 0 Å². The Morgan fingerprint density at radius 3 is 1.29 bits per heavy atom. The molecule has 13 rings (SSSR count). The molecule has 0 unspecified atom stereocenters. The maximum absolute atomic E-state index is 14.6. The fourth-order valence-electron chi connectivity index (χ4n) is 19.3. The van der Waals surface area contributed by atoms with E-state index in [1.165, 1.54) is 0 Å². The Morgan fingerprint density at radius 1 is 0.532 bits per heavy atom. The first-order valence-corrected chi connectivity index (χ1v) is 25.3. The number of nitrogens with zero attached hydrogens (tertiary/aromatic N) is 2. The first-order chi connectivity index (χ1) is 29.2. The molecule has 0 radical (unpaired) electrons. The van der Waals surface area contributed by atoms with Crippen LogP contribution in [0.5, 0.6) is 0 Å². The second kappa shape index (κ2) is 12.2. The largest absolute Gasteiger partial charge is 0.392 e. The van der Waals surface area contributed by atoms with Gasteiger partial charge in [0.2, 0.25) is 0 Å². The van der Waals surface area contributed by atoms with Crippen molar-refractivity contribution < 1.29 is 38.7 Å². The highest BCUT2D eigenvalue weighted by atomic mass is 16.7. The molecule has 8 aliphatic carbocycles. The molecule has 10 nitrogen and oxygen atoms in total. The first-order valence-electron chi connectivity index (χ1n) is 25.3. The topological polar surface area (TPSA) is 137 Å². The molecular weight excluding hydrogens is 781 g/mol. The van der Waals surface area contributed by atoms with Gasteiger partial charge in [-0.15, -0.1) is 0 Å². The fraction of sp³-hybridized carbons (Fsp3) is 0.885. The molecule has 2 N–H and O–H groups in total. The van der Waals surface area contributed by atoms with Crippen molar-refractivity contribution >= 4 is 11.6 Å². The van der Waals surface area contributed by atoms with Gasteiger partial charge in [-0.25, -0.2) is 0 Å². The van der Waals surface area contributed by atoms with Gasteiger partial charge in [0, 0.05) is 49.4 Å². The lowest BCUT2D eigenvalue weighted by Crippen LogP contribution is -2.53. The molecule has 4 saturated heterocycles. The summed E-state index contributed by atoms with van der Waals surface area (Å²) in [5, 5.41) is 24.8. The number of ether oxygens (including phenoxy) is 4. The van der Waals surface area contributed by atoms with Gasteiger partial charge in [-0.1, -0.05) is 27.7 Å². The van der Waals surface area contributed by atoms with E-state index in [1.807, 2.05) is 0 Å². The normalized spacial score (nSPS) is 56.9. The van der Waals surface area contributed by atoms with Gasteiger partial charge in [-0.2, -0.15) is 0 Å². The summed E-state index contributed by atoms with van der Waals surface area (Å²) in [5.41, 5.74) is 2.47. The van der Waals surface area contributed by atoms with E-state index in [4.69, 9.17) is 28.9 Å². The van der Waals surface area contributed by atoms with Crippen molar-refractivity contribution in [2.75, 3.05) is 0 Å². The van der Waals surface area contributed by atoms with Gasteiger partial charge in [0.1, 0.15) is 11.6 Å². The van der Waals surface area contributed by atoms with Crippen LogP contribution in [0.15, 0.2) is 0 Å². The quantitative estimate of drug-likeness (QED) is 0.274. The zero-order valence-electron chi connectivity index (χ0n) is 38.6. The van der Waals surface area contributed by atoms with Crippen molar-refractivity contribution in [3.8, 4) is 0 Å². The molecule has 4 spiro atoms. The van der Waals surface area contributed by atoms with Crippen molar-refractivity contribution in [1.29, 1.82) is 0 Å². The summed E-state index contributed by atoms with van der Waals surface area (Å²) in [7, 11) is 0. The highest BCUT2D eigenvalue weighted by Gasteiger charge is 2.76. The van der Waals surface area contributed by atoms with Crippen LogP contribution in [0.3, 0.4) is 0 Å². The van der Waals surface area contributed by atoms with Crippen molar-refractivity contribution in [2.45, 2.75) is 205 Å². The van der Waals surface area contributed by atoms with Crippen molar-refractivity contribution in [2.24, 2.45) is 80.8 Å². The van der Waals surface area contributed by atoms with Crippen LogP contribution in [0.4, 0.5) is 0 Å². The molecule has 1 aromatic heterocycles. The Balaban J connectivity index is 0.749. The number of aliphatic hydroxyl groups excluding tert-OH is 2. The zero-order valence-corrected chi connectivity index (χ0v) is 38.6. The van der Waals surface area contributed by atoms with E-state index in [0.29, 0.717) is 37.5 Å². The van der Waals surface area contributed by atoms with E-state index in [9.17, 15) is 19.8 Å². The molecule has 10 heteroatoms. The molecule has 6 saturated carbocycles. The van der Waals surface area contributed by atoms with Gasteiger partial charge in [-0.3, -0.25) is 19.6 Å². The average molecular weight is 853 g/mol. The Kier molecular flexibility index (Phi) is 7.96. The van der Waals surface area contributed by atoms with Gasteiger partial charge in [0.05, 0.1) is 69.2 Å². The van der Waals surface area contributed by atoms with Crippen LogP contribution in [0, 0.1) is 80.8 Å².